The molecule has 0 aromatic heterocycles. The summed E-state index contributed by atoms with van der Waals surface area (Å²) in [5.41, 5.74) is 4.90. The molecule has 17 heavy (non-hydrogen) atoms. The van der Waals surface area contributed by atoms with Crippen molar-refractivity contribution in [3.63, 3.8) is 0 Å². The normalized spacial score (nSPS) is 24.7. The van der Waals surface area contributed by atoms with E-state index in [0.717, 1.165) is 0 Å². The summed E-state index contributed by atoms with van der Waals surface area (Å²) in [5.74, 6) is 0.108. The molecule has 1 rings (SSSR count). The number of rotatable bonds is 4. The lowest BCUT2D eigenvalue weighted by molar-refractivity contribution is 0.102. The van der Waals surface area contributed by atoms with Crippen LogP contribution in [0.4, 0.5) is 0 Å². The molecule has 0 aromatic rings. The predicted octanol–water partition coefficient (Wildman–Crippen LogP) is -1.15. The number of ether oxygens (including phenoxy) is 1. The third-order valence-corrected chi connectivity index (χ3v) is 2.32. The highest BCUT2D eigenvalue weighted by molar-refractivity contribution is 6.21. The number of halogens is 2. The molecule has 0 spiro atoms. The lowest BCUT2D eigenvalue weighted by atomic mass is 10.4. The van der Waals surface area contributed by atoms with Crippen LogP contribution < -0.4 is 5.73 Å². The van der Waals surface area contributed by atoms with Gasteiger partial charge in [0.25, 0.3) is 0 Å². The van der Waals surface area contributed by atoms with Gasteiger partial charge in [0.15, 0.2) is 5.56 Å². The first kappa shape index (κ1) is 19.7. The SMILES string of the molecule is CC1OC1Cl.NCC(O)CO.OCC(O)CCl. The van der Waals surface area contributed by atoms with Gasteiger partial charge in [-0.25, -0.2) is 0 Å². The molecule has 6 N–H and O–H groups in total. The van der Waals surface area contributed by atoms with E-state index in [9.17, 15) is 0 Å². The summed E-state index contributed by atoms with van der Waals surface area (Å²) in [7, 11) is 0. The zero-order valence-corrected chi connectivity index (χ0v) is 11.2. The van der Waals surface area contributed by atoms with Crippen LogP contribution in [0.15, 0.2) is 0 Å². The monoisotopic (exact) mass is 293 g/mol. The summed E-state index contributed by atoms with van der Waals surface area (Å²) < 4.78 is 4.68. The molecular formula is C9H21Cl2NO5. The van der Waals surface area contributed by atoms with Gasteiger partial charge in [0.05, 0.1) is 37.4 Å². The van der Waals surface area contributed by atoms with Crippen molar-refractivity contribution in [3.05, 3.63) is 0 Å². The second-order valence-corrected chi connectivity index (χ2v) is 3.99. The zero-order chi connectivity index (χ0) is 13.8. The Morgan fingerprint density at radius 1 is 1.24 bits per heavy atom. The standard InChI is InChI=1S/C3H7ClO2.C3H5ClO.C3H9NO2/c4-1-3(6)2-5;1-2-3(4)5-2;4-1-3(6)2-5/h3,5-6H,1-2H2;2-3H,1H3;3,5-6H,1-2,4H2. The molecule has 1 aliphatic rings. The Morgan fingerprint density at radius 2 is 1.59 bits per heavy atom. The number of hydrogen-bond donors (Lipinski definition) is 5. The van der Waals surface area contributed by atoms with Crippen molar-refractivity contribution in [1.82, 2.24) is 0 Å². The quantitative estimate of drug-likeness (QED) is 0.330. The zero-order valence-electron chi connectivity index (χ0n) is 9.67. The molecule has 4 atom stereocenters. The predicted molar refractivity (Wildman–Crippen MR) is 66.1 cm³/mol. The van der Waals surface area contributed by atoms with Crippen LogP contribution in [0.1, 0.15) is 6.92 Å². The van der Waals surface area contributed by atoms with Gasteiger partial charge in [0.2, 0.25) is 0 Å². The molecule has 1 aliphatic heterocycles. The van der Waals surface area contributed by atoms with Crippen LogP contribution in [0.25, 0.3) is 0 Å². The third-order valence-electron chi connectivity index (χ3n) is 1.51. The lowest BCUT2D eigenvalue weighted by Crippen LogP contribution is -2.22. The van der Waals surface area contributed by atoms with Gasteiger partial charge in [-0.2, -0.15) is 0 Å². The van der Waals surface area contributed by atoms with E-state index in [1.165, 1.54) is 0 Å². The molecule has 8 heteroatoms. The van der Waals surface area contributed by atoms with E-state index in [1.54, 1.807) is 0 Å². The van der Waals surface area contributed by atoms with E-state index in [2.05, 4.69) is 4.74 Å². The van der Waals surface area contributed by atoms with Gasteiger partial charge >= 0.3 is 0 Å². The Hall–Kier alpha value is 0.340. The van der Waals surface area contributed by atoms with Crippen LogP contribution in [-0.4, -0.2) is 69.9 Å². The van der Waals surface area contributed by atoms with E-state index >= 15 is 0 Å². The van der Waals surface area contributed by atoms with Gasteiger partial charge in [0, 0.05) is 6.54 Å². The van der Waals surface area contributed by atoms with Gasteiger partial charge in [-0.3, -0.25) is 0 Å². The first-order valence-electron chi connectivity index (χ1n) is 5.06. The fourth-order valence-electron chi connectivity index (χ4n) is 0.283. The highest BCUT2D eigenvalue weighted by Gasteiger charge is 2.30. The second kappa shape index (κ2) is 12.8. The number of nitrogens with two attached hydrogens (primary N) is 1. The molecule has 0 amide bonds. The molecule has 106 valence electrons. The number of epoxide rings is 1. The van der Waals surface area contributed by atoms with Crippen molar-refractivity contribution in [2.75, 3.05) is 25.6 Å². The van der Waals surface area contributed by atoms with Crippen molar-refractivity contribution in [3.8, 4) is 0 Å². The minimum absolute atomic E-state index is 0.0231. The minimum Gasteiger partial charge on any atom is -0.394 e. The molecule has 0 bridgehead atoms. The molecule has 0 aliphatic carbocycles. The highest BCUT2D eigenvalue weighted by atomic mass is 35.5. The number of aliphatic hydroxyl groups excluding tert-OH is 4. The fraction of sp³-hybridized carbons (Fsp3) is 1.00. The smallest absolute Gasteiger partial charge is 0.157 e. The van der Waals surface area contributed by atoms with E-state index in [1.807, 2.05) is 6.92 Å². The lowest BCUT2D eigenvalue weighted by Gasteiger charge is -1.97. The van der Waals surface area contributed by atoms with Crippen LogP contribution >= 0.6 is 23.2 Å². The molecule has 1 heterocycles. The third kappa shape index (κ3) is 16.3. The highest BCUT2D eigenvalue weighted by Crippen LogP contribution is 2.23. The summed E-state index contributed by atoms with van der Waals surface area (Å²) >= 11 is 10.4. The molecule has 0 aromatic carbocycles. The average molecular weight is 294 g/mol. The van der Waals surface area contributed by atoms with E-state index in [4.69, 9.17) is 49.4 Å². The first-order chi connectivity index (χ1) is 7.92. The first-order valence-corrected chi connectivity index (χ1v) is 6.03. The fourth-order valence-corrected chi connectivity index (χ4v) is 0.543. The van der Waals surface area contributed by atoms with Crippen LogP contribution in [0.5, 0.6) is 0 Å². The molecular weight excluding hydrogens is 273 g/mol. The largest absolute Gasteiger partial charge is 0.394 e. The summed E-state index contributed by atoms with van der Waals surface area (Å²) in [4.78, 5) is 0. The Bertz CT molecular complexity index is 142. The summed E-state index contributed by atoms with van der Waals surface area (Å²) in [6.45, 7) is 1.59. The number of aliphatic hydroxyl groups is 4. The average Bonchev–Trinajstić information content (AvgIpc) is 3.01. The molecule has 0 radical (unpaired) electrons. The second-order valence-electron chi connectivity index (χ2n) is 3.26. The van der Waals surface area contributed by atoms with Crippen molar-refractivity contribution in [2.24, 2.45) is 5.73 Å². The van der Waals surface area contributed by atoms with Crippen LogP contribution in [0, 0.1) is 0 Å². The van der Waals surface area contributed by atoms with Crippen LogP contribution in [0.2, 0.25) is 0 Å². The van der Waals surface area contributed by atoms with Crippen LogP contribution in [0.3, 0.4) is 0 Å². The molecule has 4 unspecified atom stereocenters. The number of alkyl halides is 2. The van der Waals surface area contributed by atoms with E-state index in [0.29, 0.717) is 6.10 Å². The van der Waals surface area contributed by atoms with E-state index in [-0.39, 0.29) is 31.2 Å². The summed E-state index contributed by atoms with van der Waals surface area (Å²) in [6.07, 6.45) is -1.16. The van der Waals surface area contributed by atoms with E-state index < -0.39 is 12.2 Å². The van der Waals surface area contributed by atoms with Crippen molar-refractivity contribution in [2.45, 2.75) is 30.8 Å². The maximum Gasteiger partial charge on any atom is 0.157 e. The van der Waals surface area contributed by atoms with Gasteiger partial charge in [-0.05, 0) is 6.92 Å². The topological polar surface area (TPSA) is 119 Å². The van der Waals surface area contributed by atoms with Gasteiger partial charge < -0.3 is 30.9 Å². The van der Waals surface area contributed by atoms with Gasteiger partial charge in [0.1, 0.15) is 0 Å². The van der Waals surface area contributed by atoms with Crippen molar-refractivity contribution >= 4 is 23.2 Å². The van der Waals surface area contributed by atoms with Gasteiger partial charge in [-0.1, -0.05) is 11.6 Å². The van der Waals surface area contributed by atoms with Crippen molar-refractivity contribution < 1.29 is 25.2 Å². The molecule has 1 saturated heterocycles. The Balaban J connectivity index is 0. The Morgan fingerprint density at radius 3 is 1.59 bits per heavy atom. The van der Waals surface area contributed by atoms with Crippen molar-refractivity contribution in [1.29, 1.82) is 0 Å². The summed E-state index contributed by atoms with van der Waals surface area (Å²) in [5, 5.41) is 32.6. The maximum absolute atomic E-state index is 8.29. The Labute approximate surface area is 111 Å². The summed E-state index contributed by atoms with van der Waals surface area (Å²) in [6, 6.07) is 0. The maximum atomic E-state index is 8.29. The molecule has 6 nitrogen and oxygen atoms in total. The molecule has 1 fully saturated rings. The molecule has 0 saturated carbocycles. The Kier molecular flexibility index (Phi) is 14.8. The van der Waals surface area contributed by atoms with Crippen LogP contribution in [-0.2, 0) is 4.74 Å². The minimum atomic E-state index is -0.744. The van der Waals surface area contributed by atoms with Gasteiger partial charge in [-0.15, -0.1) is 11.6 Å². The number of hydrogen-bond acceptors (Lipinski definition) is 6.